The van der Waals surface area contributed by atoms with Gasteiger partial charge in [-0.1, -0.05) is 0 Å². The monoisotopic (exact) mass is 268 g/mol. The van der Waals surface area contributed by atoms with Gasteiger partial charge in [0.2, 0.25) is 0 Å². The highest BCUT2D eigenvalue weighted by Crippen LogP contribution is 2.38. The van der Waals surface area contributed by atoms with Crippen molar-refractivity contribution in [2.24, 2.45) is 11.5 Å². The van der Waals surface area contributed by atoms with E-state index >= 15 is 0 Å². The van der Waals surface area contributed by atoms with Crippen molar-refractivity contribution in [3.63, 3.8) is 0 Å². The number of nitrogens with two attached hydrogens (primary N) is 3. The third-order valence-electron chi connectivity index (χ3n) is 3.04. The Morgan fingerprint density at radius 3 is 2.17 bits per heavy atom. The molecule has 0 aromatic carbocycles. The predicted molar refractivity (Wildman–Crippen MR) is 71.8 cm³/mol. The highest BCUT2D eigenvalue weighted by molar-refractivity contribution is 7.19. The first-order valence-corrected chi connectivity index (χ1v) is 6.61. The van der Waals surface area contributed by atoms with Gasteiger partial charge in [-0.25, -0.2) is 0 Å². The molecule has 1 aromatic heterocycles. The fourth-order valence-corrected chi connectivity index (χ4v) is 3.30. The Morgan fingerprint density at radius 2 is 1.67 bits per heavy atom. The standard InChI is InChI=1S/C11H16N4O2S/c12-7-6(9(13)16)11(18-8(7)10(14)17)15-4-2-1-3-5-15/h1-5,12H2,(H2,13,16)(H2,14,17). The van der Waals surface area contributed by atoms with Crippen molar-refractivity contribution in [2.45, 2.75) is 19.3 Å². The third-order valence-corrected chi connectivity index (χ3v) is 4.32. The molecule has 2 heterocycles. The number of hydrogen-bond acceptors (Lipinski definition) is 5. The summed E-state index contributed by atoms with van der Waals surface area (Å²) in [6.07, 6.45) is 3.29. The fraction of sp³-hybridized carbons (Fsp3) is 0.455. The molecule has 0 bridgehead atoms. The number of primary amides is 2. The molecule has 0 saturated carbocycles. The van der Waals surface area contributed by atoms with E-state index in [1.54, 1.807) is 0 Å². The van der Waals surface area contributed by atoms with Gasteiger partial charge in [-0.2, -0.15) is 0 Å². The second kappa shape index (κ2) is 4.85. The summed E-state index contributed by atoms with van der Waals surface area (Å²) < 4.78 is 0. The highest BCUT2D eigenvalue weighted by Gasteiger charge is 2.26. The predicted octanol–water partition coefficient (Wildman–Crippen LogP) is 0.518. The van der Waals surface area contributed by atoms with Crippen molar-refractivity contribution < 1.29 is 9.59 Å². The van der Waals surface area contributed by atoms with Gasteiger partial charge in [-0.05, 0) is 19.3 Å². The minimum absolute atomic E-state index is 0.112. The Hall–Kier alpha value is -1.76. The topological polar surface area (TPSA) is 115 Å². The SMILES string of the molecule is NC(=O)c1sc(N2CCCCC2)c(C(N)=O)c1N. The lowest BCUT2D eigenvalue weighted by molar-refractivity contribution is 0.0999. The van der Waals surface area contributed by atoms with Gasteiger partial charge in [-0.15, -0.1) is 11.3 Å². The fourth-order valence-electron chi connectivity index (χ4n) is 2.17. The normalized spacial score (nSPS) is 15.7. The van der Waals surface area contributed by atoms with Gasteiger partial charge in [0.05, 0.1) is 11.3 Å². The Labute approximate surface area is 109 Å². The maximum atomic E-state index is 11.5. The highest BCUT2D eigenvalue weighted by atomic mass is 32.1. The van der Waals surface area contributed by atoms with Gasteiger partial charge in [0, 0.05) is 13.1 Å². The van der Waals surface area contributed by atoms with E-state index in [-0.39, 0.29) is 16.1 Å². The molecular formula is C11H16N4O2S. The van der Waals surface area contributed by atoms with Gasteiger partial charge >= 0.3 is 0 Å². The average molecular weight is 268 g/mol. The first-order valence-electron chi connectivity index (χ1n) is 5.79. The zero-order valence-electron chi connectivity index (χ0n) is 9.94. The average Bonchev–Trinajstić information content (AvgIpc) is 2.68. The molecule has 2 amide bonds. The first-order chi connectivity index (χ1) is 8.52. The maximum Gasteiger partial charge on any atom is 0.260 e. The van der Waals surface area contributed by atoms with Crippen LogP contribution in [0.25, 0.3) is 0 Å². The van der Waals surface area contributed by atoms with E-state index < -0.39 is 11.8 Å². The van der Waals surface area contributed by atoms with Gasteiger partial charge in [0.15, 0.2) is 0 Å². The smallest absolute Gasteiger partial charge is 0.260 e. The van der Waals surface area contributed by atoms with E-state index in [4.69, 9.17) is 17.2 Å². The lowest BCUT2D eigenvalue weighted by Gasteiger charge is -2.28. The van der Waals surface area contributed by atoms with Crippen molar-refractivity contribution in [3.05, 3.63) is 10.4 Å². The quantitative estimate of drug-likeness (QED) is 0.741. The van der Waals surface area contributed by atoms with Crippen LogP contribution in [0.2, 0.25) is 0 Å². The number of thiophene rings is 1. The molecule has 1 aliphatic rings. The lowest BCUT2D eigenvalue weighted by Crippen LogP contribution is -2.30. The molecule has 2 rings (SSSR count). The number of rotatable bonds is 3. The van der Waals surface area contributed by atoms with E-state index in [2.05, 4.69) is 4.90 Å². The van der Waals surface area contributed by atoms with Gasteiger partial charge < -0.3 is 22.1 Å². The number of nitrogens with zero attached hydrogens (tertiary/aromatic N) is 1. The molecule has 1 fully saturated rings. The zero-order chi connectivity index (χ0) is 13.3. The second-order valence-electron chi connectivity index (χ2n) is 4.30. The van der Waals surface area contributed by atoms with Crippen LogP contribution in [0.15, 0.2) is 0 Å². The van der Waals surface area contributed by atoms with Crippen LogP contribution in [0.5, 0.6) is 0 Å². The molecule has 0 radical (unpaired) electrons. The van der Waals surface area contributed by atoms with E-state index in [0.29, 0.717) is 5.00 Å². The van der Waals surface area contributed by atoms with E-state index in [1.165, 1.54) is 6.42 Å². The van der Waals surface area contributed by atoms with Gasteiger partial charge in [0.1, 0.15) is 9.88 Å². The molecule has 98 valence electrons. The second-order valence-corrected chi connectivity index (χ2v) is 5.30. The summed E-state index contributed by atoms with van der Waals surface area (Å²) in [4.78, 5) is 25.0. The van der Waals surface area contributed by atoms with Crippen LogP contribution in [-0.2, 0) is 0 Å². The summed E-state index contributed by atoms with van der Waals surface area (Å²) in [5, 5.41) is 0.675. The number of carbonyl (C=O) groups excluding carboxylic acids is 2. The van der Waals surface area contributed by atoms with Crippen LogP contribution in [0.1, 0.15) is 39.3 Å². The van der Waals surface area contributed by atoms with Crippen LogP contribution in [-0.4, -0.2) is 24.9 Å². The van der Waals surface area contributed by atoms with Crippen molar-refractivity contribution in [3.8, 4) is 0 Å². The summed E-state index contributed by atoms with van der Waals surface area (Å²) in [6, 6.07) is 0. The molecular weight excluding hydrogens is 252 g/mol. The minimum atomic E-state index is -0.622. The van der Waals surface area contributed by atoms with Crippen molar-refractivity contribution in [2.75, 3.05) is 23.7 Å². The number of piperidine rings is 1. The van der Waals surface area contributed by atoms with E-state index in [0.717, 1.165) is 37.3 Å². The number of nitrogen functional groups attached to an aromatic ring is 1. The third kappa shape index (κ3) is 2.13. The van der Waals surface area contributed by atoms with Crippen LogP contribution >= 0.6 is 11.3 Å². The minimum Gasteiger partial charge on any atom is -0.397 e. The van der Waals surface area contributed by atoms with Crippen molar-refractivity contribution in [1.82, 2.24) is 0 Å². The molecule has 0 spiro atoms. The largest absolute Gasteiger partial charge is 0.397 e. The molecule has 1 saturated heterocycles. The van der Waals surface area contributed by atoms with Crippen LogP contribution in [0, 0.1) is 0 Å². The van der Waals surface area contributed by atoms with Crippen molar-refractivity contribution in [1.29, 1.82) is 0 Å². The molecule has 6 nitrogen and oxygen atoms in total. The van der Waals surface area contributed by atoms with Crippen LogP contribution < -0.4 is 22.1 Å². The lowest BCUT2D eigenvalue weighted by atomic mass is 10.1. The molecule has 1 aliphatic heterocycles. The Kier molecular flexibility index (Phi) is 3.42. The number of anilines is 2. The van der Waals surface area contributed by atoms with Gasteiger partial charge in [-0.3, -0.25) is 9.59 Å². The molecule has 0 unspecified atom stereocenters. The summed E-state index contributed by atoms with van der Waals surface area (Å²) >= 11 is 1.15. The van der Waals surface area contributed by atoms with Gasteiger partial charge in [0.25, 0.3) is 11.8 Å². The Morgan fingerprint density at radius 1 is 1.06 bits per heavy atom. The summed E-state index contributed by atoms with van der Waals surface area (Å²) in [7, 11) is 0. The van der Waals surface area contributed by atoms with Crippen LogP contribution in [0.4, 0.5) is 10.7 Å². The molecule has 7 heteroatoms. The molecule has 18 heavy (non-hydrogen) atoms. The number of carbonyl (C=O) groups is 2. The number of amides is 2. The zero-order valence-corrected chi connectivity index (χ0v) is 10.8. The molecule has 0 atom stereocenters. The molecule has 0 aliphatic carbocycles. The van der Waals surface area contributed by atoms with Crippen molar-refractivity contribution >= 4 is 33.8 Å². The first kappa shape index (κ1) is 12.7. The summed E-state index contributed by atoms with van der Waals surface area (Å²) in [5.74, 6) is -1.24. The summed E-state index contributed by atoms with van der Waals surface area (Å²) in [6.45, 7) is 1.69. The number of hydrogen-bond donors (Lipinski definition) is 3. The Balaban J connectivity index is 2.47. The van der Waals surface area contributed by atoms with Crippen LogP contribution in [0.3, 0.4) is 0 Å². The Bertz CT molecular complexity index is 491. The van der Waals surface area contributed by atoms with E-state index in [9.17, 15) is 9.59 Å². The molecule has 1 aromatic rings. The summed E-state index contributed by atoms with van der Waals surface area (Å²) in [5.41, 5.74) is 16.7. The molecule has 6 N–H and O–H groups in total. The maximum absolute atomic E-state index is 11.5. The van der Waals surface area contributed by atoms with E-state index in [1.807, 2.05) is 0 Å².